The Morgan fingerprint density at radius 2 is 1.84 bits per heavy atom. The molecule has 2 fully saturated rings. The first-order chi connectivity index (χ1) is 18.5. The second kappa shape index (κ2) is 16.1. The number of carbonyl (C=O) groups is 2. The van der Waals surface area contributed by atoms with E-state index >= 15 is 0 Å². The molecule has 2 heterocycles. The molecule has 0 unspecified atom stereocenters. The number of rotatable bonds is 12. The van der Waals surface area contributed by atoms with Crippen LogP contribution in [0.2, 0.25) is 0 Å². The number of esters is 1. The molecule has 0 N–H and O–H groups in total. The number of amides is 1. The van der Waals surface area contributed by atoms with E-state index in [0.29, 0.717) is 37.2 Å². The van der Waals surface area contributed by atoms with E-state index in [1.54, 1.807) is 0 Å². The predicted octanol–water partition coefficient (Wildman–Crippen LogP) is 3.51. The molecule has 2 bridgehead atoms. The molecule has 2 aromatic carbocycles. The van der Waals surface area contributed by atoms with Crippen molar-refractivity contribution in [2.45, 2.75) is 43.7 Å². The van der Waals surface area contributed by atoms with Crippen LogP contribution in [0.4, 0.5) is 0 Å². The molecular weight excluding hydrogens is 605 g/mol. The summed E-state index contributed by atoms with van der Waals surface area (Å²) in [6.45, 7) is 3.09. The Labute approximate surface area is 247 Å². The van der Waals surface area contributed by atoms with Crippen LogP contribution in [0.15, 0.2) is 42.5 Å². The summed E-state index contributed by atoms with van der Waals surface area (Å²) in [5, 5.41) is 6.44. The van der Waals surface area contributed by atoms with Gasteiger partial charge in [-0.15, -0.1) is 0 Å². The number of carbonyl (C=O) groups excluding carboxylic acids is 2. The van der Waals surface area contributed by atoms with E-state index in [-0.39, 0.29) is 29.8 Å². The van der Waals surface area contributed by atoms with E-state index in [1.165, 1.54) is 23.4 Å². The molecule has 0 saturated carbocycles. The van der Waals surface area contributed by atoms with Gasteiger partial charge in [-0.25, -0.2) is 0 Å². The Bertz CT molecular complexity index is 1060. The summed E-state index contributed by atoms with van der Waals surface area (Å²) in [7, 11) is 1.51. The maximum absolute atomic E-state index is 13.1. The van der Waals surface area contributed by atoms with Crippen LogP contribution in [0.5, 0.6) is 0 Å². The second-order valence-corrected chi connectivity index (χ2v) is 10.7. The topological polar surface area (TPSA) is 81.0 Å². The van der Waals surface area contributed by atoms with Crippen LogP contribution in [0.3, 0.4) is 0 Å². The third-order valence-corrected chi connectivity index (χ3v) is 8.14. The standard InChI is InChI=1S/C28H39N3O3S2.O.Tc/c1-34-28(33)27-24(22-8-7-20-5-2-3-6-21(20)17-22)18-23-9-10-25(27)31(23)13-4-12-30(14-16-36)19-26(32)29-11-15-35;;/h2-3,5-8,17,23-25,27H,4,9-16,18-19H2,1H3,(H3,29,32,35,36);;/q;;+3/p-3/t23-,24+,25+,27-;;/m0../s1/i;;1+1. The van der Waals surface area contributed by atoms with E-state index in [1.807, 2.05) is 0 Å². The molecule has 0 spiro atoms. The number of nitrogens with zero attached hydrogens (tertiary/aromatic N) is 3. The van der Waals surface area contributed by atoms with Gasteiger partial charge in [0.1, 0.15) is 0 Å². The number of hydrogen-bond acceptors (Lipinski definition) is 8. The predicted molar refractivity (Wildman–Crippen MR) is 150 cm³/mol. The van der Waals surface area contributed by atoms with Crippen molar-refractivity contribution in [1.29, 1.82) is 0 Å². The molecule has 2 aromatic rings. The van der Waals surface area contributed by atoms with Crippen molar-refractivity contribution in [2.24, 2.45) is 5.92 Å². The number of fused-ring (bicyclic) bond motifs is 3. The van der Waals surface area contributed by atoms with Crippen LogP contribution in [-0.4, -0.2) is 85.1 Å². The number of piperidine rings is 1. The first-order valence-corrected chi connectivity index (χ1v) is 15.0. The van der Waals surface area contributed by atoms with Crippen LogP contribution in [0, 0.1) is 5.92 Å². The van der Waals surface area contributed by atoms with Crippen molar-refractivity contribution in [3.8, 4) is 0 Å². The Morgan fingerprint density at radius 1 is 1.08 bits per heavy atom. The fourth-order valence-corrected chi connectivity index (χ4v) is 6.54. The third kappa shape index (κ3) is 7.89. The van der Waals surface area contributed by atoms with Crippen molar-refractivity contribution in [3.05, 3.63) is 53.3 Å². The normalized spacial score (nSPS) is 22.6. The van der Waals surface area contributed by atoms with Gasteiger partial charge in [-0.2, -0.15) is 18.1 Å². The summed E-state index contributed by atoms with van der Waals surface area (Å²) in [6.07, 6.45) is 4.01. The van der Waals surface area contributed by atoms with Gasteiger partial charge in [-0.05, 0) is 61.7 Å². The molecule has 7 nitrogen and oxygen atoms in total. The Morgan fingerprint density at radius 3 is 2.55 bits per heavy atom. The van der Waals surface area contributed by atoms with E-state index in [9.17, 15) is 9.59 Å². The van der Waals surface area contributed by atoms with Crippen molar-refractivity contribution >= 4 is 47.9 Å². The van der Waals surface area contributed by atoms with Crippen LogP contribution in [0.25, 0.3) is 16.1 Å². The van der Waals surface area contributed by atoms with Crippen molar-refractivity contribution < 1.29 is 36.7 Å². The summed E-state index contributed by atoms with van der Waals surface area (Å²) in [5.41, 5.74) is 1.23. The zero-order chi connectivity index (χ0) is 27.5. The van der Waals surface area contributed by atoms with Crippen LogP contribution in [-0.2, 0) is 61.9 Å². The molecule has 2 saturated heterocycles. The summed E-state index contributed by atoms with van der Waals surface area (Å²) in [6, 6.07) is 15.6. The van der Waals surface area contributed by atoms with Gasteiger partial charge in [0.25, 0.3) is 0 Å². The Balaban J connectivity index is 0.00000195. The number of hydrogen-bond donors (Lipinski definition) is 0. The first kappa shape index (κ1) is 31.2. The summed E-state index contributed by atoms with van der Waals surface area (Å²) >= 11 is 11.0. The van der Waals surface area contributed by atoms with Gasteiger partial charge in [-0.1, -0.05) is 42.5 Å². The zero-order valence-electron chi connectivity index (χ0n) is 21.8. The van der Waals surface area contributed by atoms with E-state index in [0.717, 1.165) is 57.6 Å². The Hall–Kier alpha value is -1.29. The fraction of sp³-hybridized carbons (Fsp3) is 0.571. The molecule has 206 valence electrons. The molecule has 10 heteroatoms. The molecule has 4 rings (SSSR count). The van der Waals surface area contributed by atoms with Crippen LogP contribution >= 0.6 is 0 Å². The van der Waals surface area contributed by atoms with E-state index in [4.69, 9.17) is 33.5 Å². The van der Waals surface area contributed by atoms with Gasteiger partial charge in [0.05, 0.1) is 18.9 Å². The molecular formula is C28H36N3O4S2Tc. The molecule has 0 radical (unpaired) electrons. The quantitative estimate of drug-likeness (QED) is 0.258. The average molecular weight is 642 g/mol. The SMILES string of the molecule is COC(=O)[C@H]1[C@@H](c2ccc3ccccc3c2)C[C@@H]2CC[C@H]1N2CCCN(CC[S-])CC(=O)[N-]CC[S-].[O]=[99Tc+3]. The molecule has 1 amide bonds. The van der Waals surface area contributed by atoms with Gasteiger partial charge in [0.15, 0.2) is 0 Å². The summed E-state index contributed by atoms with van der Waals surface area (Å²) in [5.74, 6) is 0.816. The summed E-state index contributed by atoms with van der Waals surface area (Å²) in [4.78, 5) is 29.9. The van der Waals surface area contributed by atoms with E-state index in [2.05, 4.69) is 57.6 Å². The van der Waals surface area contributed by atoms with Gasteiger partial charge in [0, 0.05) is 24.5 Å². The molecule has 2 aliphatic heterocycles. The van der Waals surface area contributed by atoms with Gasteiger partial charge >= 0.3 is 28.3 Å². The van der Waals surface area contributed by atoms with Gasteiger partial charge in [0.2, 0.25) is 0 Å². The molecule has 38 heavy (non-hydrogen) atoms. The molecule has 0 aliphatic carbocycles. The van der Waals surface area contributed by atoms with Gasteiger partial charge in [-0.3, -0.25) is 14.6 Å². The fourth-order valence-electron chi connectivity index (χ4n) is 6.19. The van der Waals surface area contributed by atoms with Crippen molar-refractivity contribution in [2.75, 3.05) is 51.3 Å². The summed E-state index contributed by atoms with van der Waals surface area (Å²) < 4.78 is 13.6. The van der Waals surface area contributed by atoms with Gasteiger partial charge < -0.3 is 40.1 Å². The Kier molecular flexibility index (Phi) is 13.2. The number of ether oxygens (including phenoxy) is 1. The zero-order valence-corrected chi connectivity index (χ0v) is 25.3. The molecule has 0 aromatic heterocycles. The maximum atomic E-state index is 13.1. The first-order valence-electron chi connectivity index (χ1n) is 13.1. The molecule has 4 atom stereocenters. The van der Waals surface area contributed by atoms with Crippen molar-refractivity contribution in [3.63, 3.8) is 0 Å². The van der Waals surface area contributed by atoms with Crippen LogP contribution < -0.4 is 0 Å². The minimum absolute atomic E-state index is 0.106. The third-order valence-electron chi connectivity index (χ3n) is 7.78. The monoisotopic (exact) mass is 641 g/mol. The number of methoxy groups -OCH3 is 1. The minimum atomic E-state index is -0.169. The van der Waals surface area contributed by atoms with E-state index < -0.39 is 0 Å². The second-order valence-electron chi connectivity index (χ2n) is 9.85. The average Bonchev–Trinajstić information content (AvgIpc) is 3.22. The van der Waals surface area contributed by atoms with Crippen LogP contribution in [0.1, 0.15) is 37.2 Å². The molecule has 2 aliphatic rings. The van der Waals surface area contributed by atoms with Crippen molar-refractivity contribution in [1.82, 2.24) is 9.80 Å². The number of benzene rings is 2.